The van der Waals surface area contributed by atoms with E-state index < -0.39 is 17.8 Å². The van der Waals surface area contributed by atoms with Crippen LogP contribution in [0.1, 0.15) is 38.5 Å². The maximum absolute atomic E-state index is 13.1. The fourth-order valence-electron chi connectivity index (χ4n) is 4.35. The number of nitrogens with zero attached hydrogens (tertiary/aromatic N) is 1. The van der Waals surface area contributed by atoms with Gasteiger partial charge in [0.15, 0.2) is 0 Å². The predicted molar refractivity (Wildman–Crippen MR) is 142 cm³/mol. The van der Waals surface area contributed by atoms with Crippen LogP contribution in [0, 0.1) is 0 Å². The zero-order valence-electron chi connectivity index (χ0n) is 20.5. The number of carbonyl (C=O) groups is 3. The number of benzene rings is 3. The zero-order valence-corrected chi connectivity index (χ0v) is 20.5. The Morgan fingerprint density at radius 2 is 1.59 bits per heavy atom. The summed E-state index contributed by atoms with van der Waals surface area (Å²) in [7, 11) is 0. The van der Waals surface area contributed by atoms with E-state index >= 15 is 0 Å². The van der Waals surface area contributed by atoms with Crippen molar-refractivity contribution < 1.29 is 29.3 Å². The molecule has 0 unspecified atom stereocenters. The Labute approximate surface area is 215 Å². The molecule has 0 aliphatic carbocycles. The molecule has 2 amide bonds. The monoisotopic (exact) mass is 502 g/mol. The van der Waals surface area contributed by atoms with E-state index in [1.54, 1.807) is 30.3 Å². The first-order valence-corrected chi connectivity index (χ1v) is 12.4. The van der Waals surface area contributed by atoms with Gasteiger partial charge in [-0.2, -0.15) is 0 Å². The minimum absolute atomic E-state index is 0.0675. The van der Waals surface area contributed by atoms with Crippen LogP contribution in [0.5, 0.6) is 5.75 Å². The van der Waals surface area contributed by atoms with Gasteiger partial charge in [-0.25, -0.2) is 0 Å². The Balaban J connectivity index is 1.28. The van der Waals surface area contributed by atoms with E-state index in [0.29, 0.717) is 30.2 Å². The Kier molecular flexibility index (Phi) is 8.40. The highest BCUT2D eigenvalue weighted by Gasteiger charge is 2.36. The minimum atomic E-state index is -0.755. The van der Waals surface area contributed by atoms with Crippen LogP contribution in [0.2, 0.25) is 0 Å². The largest absolute Gasteiger partial charge is 0.509 e. The lowest BCUT2D eigenvalue weighted by Gasteiger charge is -2.18. The molecule has 0 atom stereocenters. The molecule has 4 rings (SSSR count). The highest BCUT2D eigenvalue weighted by Crippen LogP contribution is 2.32. The standard InChI is InChI=1S/C29H30N2O6/c32-25-19-31(24-12-8-10-20-9-5-6-11-23(20)24)29(36)27(25)28(35)30-21-14-16-22(17-15-21)37-18-7-3-1-2-4-13-26(33)34/h5-6,8-12,14-17,32H,1-4,7,13,18-19H2,(H,30,35)(H,33,34). The highest BCUT2D eigenvalue weighted by atomic mass is 16.5. The maximum Gasteiger partial charge on any atom is 0.303 e. The molecule has 0 saturated carbocycles. The second-order valence-electron chi connectivity index (χ2n) is 8.95. The van der Waals surface area contributed by atoms with E-state index in [4.69, 9.17) is 9.84 Å². The Hall–Kier alpha value is -4.33. The highest BCUT2D eigenvalue weighted by molar-refractivity contribution is 6.30. The molecule has 1 aliphatic rings. The molecule has 37 heavy (non-hydrogen) atoms. The third kappa shape index (κ3) is 6.46. The molecule has 0 radical (unpaired) electrons. The second-order valence-corrected chi connectivity index (χ2v) is 8.95. The molecule has 0 spiro atoms. The lowest BCUT2D eigenvalue weighted by molar-refractivity contribution is -0.137. The minimum Gasteiger partial charge on any atom is -0.509 e. The van der Waals surface area contributed by atoms with Gasteiger partial charge in [-0.05, 0) is 48.6 Å². The van der Waals surface area contributed by atoms with Gasteiger partial charge in [-0.15, -0.1) is 0 Å². The summed E-state index contributed by atoms with van der Waals surface area (Å²) in [6.07, 6.45) is 4.62. The van der Waals surface area contributed by atoms with Crippen LogP contribution in [0.25, 0.3) is 10.8 Å². The number of rotatable bonds is 12. The van der Waals surface area contributed by atoms with Gasteiger partial charge in [-0.3, -0.25) is 19.3 Å². The number of amides is 2. The quantitative estimate of drug-likeness (QED) is 0.224. The molecule has 192 valence electrons. The smallest absolute Gasteiger partial charge is 0.303 e. The molecule has 0 saturated heterocycles. The van der Waals surface area contributed by atoms with E-state index in [9.17, 15) is 19.5 Å². The molecular weight excluding hydrogens is 472 g/mol. The molecule has 0 aromatic heterocycles. The SMILES string of the molecule is O=C(O)CCCCCCCOc1ccc(NC(=O)C2=C(O)CN(c3cccc4ccccc34)C2=O)cc1. The summed E-state index contributed by atoms with van der Waals surface area (Å²) >= 11 is 0. The molecule has 8 nitrogen and oxygen atoms in total. The zero-order chi connectivity index (χ0) is 26.2. The van der Waals surface area contributed by atoms with Crippen molar-refractivity contribution in [3.05, 3.63) is 78.1 Å². The average molecular weight is 503 g/mol. The molecule has 0 bridgehead atoms. The van der Waals surface area contributed by atoms with Gasteiger partial charge in [0.25, 0.3) is 11.8 Å². The van der Waals surface area contributed by atoms with Crippen LogP contribution < -0.4 is 15.0 Å². The van der Waals surface area contributed by atoms with Crippen molar-refractivity contribution in [2.45, 2.75) is 38.5 Å². The van der Waals surface area contributed by atoms with Gasteiger partial charge in [0.05, 0.1) is 18.8 Å². The lowest BCUT2D eigenvalue weighted by atomic mass is 10.1. The number of unbranched alkanes of at least 4 members (excludes halogenated alkanes) is 4. The van der Waals surface area contributed by atoms with Crippen molar-refractivity contribution in [2.75, 3.05) is 23.4 Å². The summed E-state index contributed by atoms with van der Waals surface area (Å²) in [4.78, 5) is 37.9. The average Bonchev–Trinajstić information content (AvgIpc) is 3.19. The van der Waals surface area contributed by atoms with Crippen molar-refractivity contribution >= 4 is 39.9 Å². The van der Waals surface area contributed by atoms with Crippen LogP contribution in [-0.4, -0.2) is 41.1 Å². The summed E-state index contributed by atoms with van der Waals surface area (Å²) in [6, 6.07) is 20.0. The number of fused-ring (bicyclic) bond motifs is 1. The predicted octanol–water partition coefficient (Wildman–Crippen LogP) is 5.44. The molecule has 0 fully saturated rings. The molecule has 3 aromatic rings. The number of hydrogen-bond acceptors (Lipinski definition) is 5. The number of nitrogens with one attached hydrogen (secondary N) is 1. The fraction of sp³-hybridized carbons (Fsp3) is 0.276. The molecule has 3 aromatic carbocycles. The Morgan fingerprint density at radius 1 is 0.892 bits per heavy atom. The van der Waals surface area contributed by atoms with Crippen LogP contribution in [-0.2, 0) is 14.4 Å². The third-order valence-electron chi connectivity index (χ3n) is 6.26. The summed E-state index contributed by atoms with van der Waals surface area (Å²) in [5.74, 6) is -1.58. The van der Waals surface area contributed by atoms with E-state index in [-0.39, 0.29) is 24.3 Å². The number of hydrogen-bond donors (Lipinski definition) is 3. The van der Waals surface area contributed by atoms with Crippen molar-refractivity contribution in [1.82, 2.24) is 0 Å². The summed E-state index contributed by atoms with van der Waals surface area (Å²) in [6.45, 7) is 0.478. The topological polar surface area (TPSA) is 116 Å². The van der Waals surface area contributed by atoms with Gasteiger partial charge >= 0.3 is 5.97 Å². The van der Waals surface area contributed by atoms with E-state index in [1.807, 2.05) is 36.4 Å². The maximum atomic E-state index is 13.1. The molecular formula is C29H30N2O6. The van der Waals surface area contributed by atoms with Gasteiger partial charge in [0, 0.05) is 17.5 Å². The van der Waals surface area contributed by atoms with Crippen LogP contribution in [0.4, 0.5) is 11.4 Å². The number of ether oxygens (including phenoxy) is 1. The van der Waals surface area contributed by atoms with Crippen molar-refractivity contribution in [3.63, 3.8) is 0 Å². The van der Waals surface area contributed by atoms with E-state index in [0.717, 1.165) is 36.5 Å². The lowest BCUT2D eigenvalue weighted by Crippen LogP contribution is -2.30. The Bertz CT molecular complexity index is 1310. The molecule has 1 heterocycles. The van der Waals surface area contributed by atoms with E-state index in [1.165, 1.54) is 4.90 Å². The first-order valence-electron chi connectivity index (χ1n) is 12.4. The molecule has 1 aliphatic heterocycles. The first kappa shape index (κ1) is 25.8. The van der Waals surface area contributed by atoms with Gasteiger partial charge in [-0.1, -0.05) is 55.7 Å². The van der Waals surface area contributed by atoms with Gasteiger partial charge in [0.1, 0.15) is 17.1 Å². The molecule has 8 heteroatoms. The van der Waals surface area contributed by atoms with E-state index in [2.05, 4.69) is 5.32 Å². The summed E-state index contributed by atoms with van der Waals surface area (Å²) < 4.78 is 5.73. The first-order chi connectivity index (χ1) is 17.9. The number of anilines is 2. The van der Waals surface area contributed by atoms with Crippen LogP contribution in [0.3, 0.4) is 0 Å². The number of carboxylic acid groups (broad SMARTS) is 1. The fourth-order valence-corrected chi connectivity index (χ4v) is 4.35. The summed E-state index contributed by atoms with van der Waals surface area (Å²) in [5.41, 5.74) is 0.850. The normalized spacial score (nSPS) is 13.3. The van der Waals surface area contributed by atoms with Crippen molar-refractivity contribution in [1.29, 1.82) is 0 Å². The number of carbonyl (C=O) groups excluding carboxylic acids is 2. The van der Waals surface area contributed by atoms with Gasteiger partial charge < -0.3 is 20.3 Å². The molecule has 3 N–H and O–H groups in total. The third-order valence-corrected chi connectivity index (χ3v) is 6.26. The number of aliphatic hydroxyl groups excluding tert-OH is 1. The number of aliphatic hydroxyl groups is 1. The Morgan fingerprint density at radius 3 is 2.38 bits per heavy atom. The second kappa shape index (κ2) is 12.1. The van der Waals surface area contributed by atoms with Crippen LogP contribution in [0.15, 0.2) is 78.1 Å². The summed E-state index contributed by atoms with van der Waals surface area (Å²) in [5, 5.41) is 23.6. The van der Waals surface area contributed by atoms with Gasteiger partial charge in [0.2, 0.25) is 0 Å². The van der Waals surface area contributed by atoms with Crippen molar-refractivity contribution in [3.8, 4) is 5.75 Å². The number of aliphatic carboxylic acids is 1. The van der Waals surface area contributed by atoms with Crippen LogP contribution >= 0.6 is 0 Å². The number of carboxylic acids is 1. The van der Waals surface area contributed by atoms with Crippen molar-refractivity contribution in [2.24, 2.45) is 0 Å².